The van der Waals surface area contributed by atoms with E-state index in [-0.39, 0.29) is 0 Å². The lowest BCUT2D eigenvalue weighted by Gasteiger charge is -2.13. The third-order valence-electron chi connectivity index (χ3n) is 3.51. The van der Waals surface area contributed by atoms with Gasteiger partial charge in [-0.1, -0.05) is 56.3 Å². The normalized spacial score (nSPS) is 12.8. The maximum Gasteiger partial charge on any atom is -0.00464 e. The summed E-state index contributed by atoms with van der Waals surface area (Å²) in [7, 11) is 0. The van der Waals surface area contributed by atoms with Gasteiger partial charge >= 0.3 is 0 Å². The van der Waals surface area contributed by atoms with Gasteiger partial charge < -0.3 is 5.32 Å². The first-order valence-corrected chi connectivity index (χ1v) is 6.98. The number of nitrogens with one attached hydrogen (secondary N) is 1. The van der Waals surface area contributed by atoms with Crippen molar-refractivity contribution in [1.82, 2.24) is 5.32 Å². The first-order chi connectivity index (χ1) is 8.81. The van der Waals surface area contributed by atoms with Crippen LogP contribution in [0.1, 0.15) is 25.8 Å². The monoisotopic (exact) mass is 241 g/mol. The molecule has 0 aliphatic carbocycles. The summed E-state index contributed by atoms with van der Waals surface area (Å²) in [5.74, 6) is 0.731. The summed E-state index contributed by atoms with van der Waals surface area (Å²) < 4.78 is 0. The average Bonchev–Trinajstić information content (AvgIpc) is 2.39. The fourth-order valence-electron chi connectivity index (χ4n) is 2.47. The molecule has 18 heavy (non-hydrogen) atoms. The Labute approximate surface area is 110 Å². The molecule has 0 aromatic heterocycles. The highest BCUT2D eigenvalue weighted by atomic mass is 14.8. The van der Waals surface area contributed by atoms with E-state index >= 15 is 0 Å². The van der Waals surface area contributed by atoms with Gasteiger partial charge in [-0.25, -0.2) is 0 Å². The molecular weight excluding hydrogens is 218 g/mol. The highest BCUT2D eigenvalue weighted by molar-refractivity contribution is 5.85. The van der Waals surface area contributed by atoms with Crippen molar-refractivity contribution < 1.29 is 0 Å². The van der Waals surface area contributed by atoms with Crippen LogP contribution in [0, 0.1) is 5.92 Å². The second-order valence-electron chi connectivity index (χ2n) is 5.09. The Morgan fingerprint density at radius 1 is 1.06 bits per heavy atom. The Balaban J connectivity index is 2.07. The van der Waals surface area contributed by atoms with E-state index in [1.54, 1.807) is 0 Å². The molecule has 0 spiro atoms. The molecule has 2 aromatic carbocycles. The average molecular weight is 241 g/mol. The Kier molecular flexibility index (Phi) is 4.77. The summed E-state index contributed by atoms with van der Waals surface area (Å²) >= 11 is 0. The van der Waals surface area contributed by atoms with Gasteiger partial charge in [-0.2, -0.15) is 0 Å². The molecule has 0 amide bonds. The summed E-state index contributed by atoms with van der Waals surface area (Å²) in [6, 6.07) is 15.3. The van der Waals surface area contributed by atoms with E-state index in [2.05, 4.69) is 61.6 Å². The van der Waals surface area contributed by atoms with Crippen LogP contribution in [-0.2, 0) is 6.42 Å². The first kappa shape index (κ1) is 13.1. The van der Waals surface area contributed by atoms with E-state index in [1.807, 2.05) is 0 Å². The predicted octanol–water partition coefficient (Wildman–Crippen LogP) is 4.02. The van der Waals surface area contributed by atoms with Gasteiger partial charge in [0.2, 0.25) is 0 Å². The molecule has 1 N–H and O–H groups in total. The van der Waals surface area contributed by atoms with Crippen molar-refractivity contribution >= 4 is 10.8 Å². The molecular formula is C17H23N. The number of rotatable bonds is 6. The molecule has 0 aliphatic heterocycles. The van der Waals surface area contributed by atoms with Crippen molar-refractivity contribution in [3.8, 4) is 0 Å². The Bertz CT molecular complexity index is 484. The van der Waals surface area contributed by atoms with Crippen LogP contribution in [0.15, 0.2) is 42.5 Å². The molecule has 2 aromatic rings. The van der Waals surface area contributed by atoms with Crippen LogP contribution >= 0.6 is 0 Å². The van der Waals surface area contributed by atoms with E-state index < -0.39 is 0 Å². The molecule has 0 aliphatic rings. The lowest BCUT2D eigenvalue weighted by atomic mass is 9.94. The van der Waals surface area contributed by atoms with Crippen LogP contribution in [0.5, 0.6) is 0 Å². The van der Waals surface area contributed by atoms with E-state index in [0.717, 1.165) is 19.0 Å². The van der Waals surface area contributed by atoms with E-state index in [4.69, 9.17) is 0 Å². The first-order valence-electron chi connectivity index (χ1n) is 6.98. The summed E-state index contributed by atoms with van der Waals surface area (Å²) in [4.78, 5) is 0. The standard InChI is InChI=1S/C17H23N/c1-3-18-12-11-14(2)13-16-9-6-8-15-7-4-5-10-17(15)16/h4-10,14,18H,3,11-13H2,1-2H3. The lowest BCUT2D eigenvalue weighted by Crippen LogP contribution is -2.17. The Morgan fingerprint density at radius 2 is 1.83 bits per heavy atom. The molecule has 0 saturated carbocycles. The van der Waals surface area contributed by atoms with Crippen LogP contribution in [-0.4, -0.2) is 13.1 Å². The molecule has 2 rings (SSSR count). The SMILES string of the molecule is CCNCCC(C)Cc1cccc2ccccc12. The second-order valence-corrected chi connectivity index (χ2v) is 5.09. The van der Waals surface area contributed by atoms with Crippen LogP contribution in [0.4, 0.5) is 0 Å². The van der Waals surface area contributed by atoms with Crippen LogP contribution < -0.4 is 5.32 Å². The minimum absolute atomic E-state index is 0.731. The maximum atomic E-state index is 3.40. The highest BCUT2D eigenvalue weighted by Gasteiger charge is 2.06. The third kappa shape index (κ3) is 3.33. The van der Waals surface area contributed by atoms with Gasteiger partial charge in [0.15, 0.2) is 0 Å². The molecule has 0 bridgehead atoms. The van der Waals surface area contributed by atoms with Gasteiger partial charge in [0.25, 0.3) is 0 Å². The van der Waals surface area contributed by atoms with Crippen molar-refractivity contribution in [3.63, 3.8) is 0 Å². The molecule has 1 atom stereocenters. The largest absolute Gasteiger partial charge is 0.317 e. The number of benzene rings is 2. The van der Waals surface area contributed by atoms with Crippen LogP contribution in [0.2, 0.25) is 0 Å². The molecule has 0 heterocycles. The van der Waals surface area contributed by atoms with Crippen molar-refractivity contribution in [2.75, 3.05) is 13.1 Å². The molecule has 0 saturated heterocycles. The van der Waals surface area contributed by atoms with Crippen molar-refractivity contribution in [1.29, 1.82) is 0 Å². The molecule has 96 valence electrons. The van der Waals surface area contributed by atoms with Gasteiger partial charge in [-0.3, -0.25) is 0 Å². The topological polar surface area (TPSA) is 12.0 Å². The molecule has 1 heteroatoms. The van der Waals surface area contributed by atoms with Crippen LogP contribution in [0.3, 0.4) is 0 Å². The van der Waals surface area contributed by atoms with Crippen molar-refractivity contribution in [3.05, 3.63) is 48.0 Å². The maximum absolute atomic E-state index is 3.40. The minimum atomic E-state index is 0.731. The van der Waals surface area contributed by atoms with Gasteiger partial charge in [-0.15, -0.1) is 0 Å². The van der Waals surface area contributed by atoms with Gasteiger partial charge in [-0.05, 0) is 48.2 Å². The number of hydrogen-bond acceptors (Lipinski definition) is 1. The van der Waals surface area contributed by atoms with E-state index in [1.165, 1.54) is 29.2 Å². The van der Waals surface area contributed by atoms with Crippen molar-refractivity contribution in [2.24, 2.45) is 5.92 Å². The number of fused-ring (bicyclic) bond motifs is 1. The smallest absolute Gasteiger partial charge is 0.00464 e. The zero-order valence-corrected chi connectivity index (χ0v) is 11.4. The second kappa shape index (κ2) is 6.55. The molecule has 0 radical (unpaired) electrons. The summed E-state index contributed by atoms with van der Waals surface area (Å²) in [6.45, 7) is 6.71. The quantitative estimate of drug-likeness (QED) is 0.753. The minimum Gasteiger partial charge on any atom is -0.317 e. The summed E-state index contributed by atoms with van der Waals surface area (Å²) in [5.41, 5.74) is 1.48. The molecule has 0 fully saturated rings. The fraction of sp³-hybridized carbons (Fsp3) is 0.412. The Hall–Kier alpha value is -1.34. The zero-order valence-electron chi connectivity index (χ0n) is 11.4. The molecule has 1 nitrogen and oxygen atoms in total. The van der Waals surface area contributed by atoms with Crippen molar-refractivity contribution in [2.45, 2.75) is 26.7 Å². The van der Waals surface area contributed by atoms with Gasteiger partial charge in [0.1, 0.15) is 0 Å². The summed E-state index contributed by atoms with van der Waals surface area (Å²) in [6.07, 6.45) is 2.42. The predicted molar refractivity (Wildman–Crippen MR) is 80.0 cm³/mol. The third-order valence-corrected chi connectivity index (χ3v) is 3.51. The fourth-order valence-corrected chi connectivity index (χ4v) is 2.47. The molecule has 1 unspecified atom stereocenters. The van der Waals surface area contributed by atoms with Gasteiger partial charge in [0, 0.05) is 0 Å². The van der Waals surface area contributed by atoms with E-state index in [9.17, 15) is 0 Å². The van der Waals surface area contributed by atoms with E-state index in [0.29, 0.717) is 0 Å². The van der Waals surface area contributed by atoms with Crippen LogP contribution in [0.25, 0.3) is 10.8 Å². The Morgan fingerprint density at radius 3 is 2.67 bits per heavy atom. The van der Waals surface area contributed by atoms with Gasteiger partial charge in [0.05, 0.1) is 0 Å². The lowest BCUT2D eigenvalue weighted by molar-refractivity contribution is 0.506. The zero-order chi connectivity index (χ0) is 12.8. The summed E-state index contributed by atoms with van der Waals surface area (Å²) in [5, 5.41) is 6.17. The highest BCUT2D eigenvalue weighted by Crippen LogP contribution is 2.21. The number of hydrogen-bond donors (Lipinski definition) is 1.